The van der Waals surface area contributed by atoms with E-state index >= 15 is 0 Å². The van der Waals surface area contributed by atoms with Crippen LogP contribution in [0.2, 0.25) is 0 Å². The predicted molar refractivity (Wildman–Crippen MR) is 84.7 cm³/mol. The third kappa shape index (κ3) is 3.87. The summed E-state index contributed by atoms with van der Waals surface area (Å²) < 4.78 is 41.8. The average molecular weight is 367 g/mol. The minimum atomic E-state index is -4.68. The van der Waals surface area contributed by atoms with Gasteiger partial charge in [-0.3, -0.25) is 4.79 Å². The van der Waals surface area contributed by atoms with Crippen LogP contribution in [0.15, 0.2) is 46.3 Å². The number of hydrogen-bond acceptors (Lipinski definition) is 5. The van der Waals surface area contributed by atoms with E-state index in [0.717, 1.165) is 10.4 Å². The molecule has 130 valence electrons. The van der Waals surface area contributed by atoms with Crippen LogP contribution in [-0.4, -0.2) is 16.0 Å². The highest BCUT2D eigenvalue weighted by molar-refractivity contribution is 7.10. The average Bonchev–Trinajstić information content (AvgIpc) is 3.23. The van der Waals surface area contributed by atoms with Crippen molar-refractivity contribution in [2.24, 2.45) is 0 Å². The van der Waals surface area contributed by atoms with Gasteiger partial charge in [0.25, 0.3) is 0 Å². The van der Waals surface area contributed by atoms with E-state index in [-0.39, 0.29) is 17.8 Å². The quantitative estimate of drug-likeness (QED) is 0.756. The van der Waals surface area contributed by atoms with E-state index in [9.17, 15) is 18.0 Å². The number of carbonyl (C=O) groups excluding carboxylic acids is 1. The highest BCUT2D eigenvalue weighted by Crippen LogP contribution is 2.31. The lowest BCUT2D eigenvalue weighted by Gasteiger charge is -2.17. The minimum absolute atomic E-state index is 0.147. The summed E-state index contributed by atoms with van der Waals surface area (Å²) in [5.41, 5.74) is 1.18. The molecule has 25 heavy (non-hydrogen) atoms. The van der Waals surface area contributed by atoms with Crippen molar-refractivity contribution >= 4 is 17.2 Å². The van der Waals surface area contributed by atoms with Gasteiger partial charge in [-0.15, -0.1) is 11.3 Å². The van der Waals surface area contributed by atoms with Crippen LogP contribution in [0.3, 0.4) is 0 Å². The van der Waals surface area contributed by atoms with E-state index in [1.54, 1.807) is 24.3 Å². The number of hydrogen-bond donors (Lipinski definition) is 1. The summed E-state index contributed by atoms with van der Waals surface area (Å²) in [5.74, 6) is -1.72. The largest absolute Gasteiger partial charge is 0.471 e. The van der Waals surface area contributed by atoms with Crippen LogP contribution in [0.5, 0.6) is 0 Å². The highest BCUT2D eigenvalue weighted by atomic mass is 32.1. The third-order valence-corrected chi connectivity index (χ3v) is 4.28. The van der Waals surface area contributed by atoms with E-state index in [2.05, 4.69) is 20.0 Å². The van der Waals surface area contributed by atoms with Gasteiger partial charge >= 0.3 is 12.1 Å². The monoisotopic (exact) mass is 367 g/mol. The Balaban J connectivity index is 1.88. The first-order valence-corrected chi connectivity index (χ1v) is 8.04. The van der Waals surface area contributed by atoms with Gasteiger partial charge in [-0.2, -0.15) is 18.2 Å². The van der Waals surface area contributed by atoms with Crippen molar-refractivity contribution in [3.05, 3.63) is 58.1 Å². The number of rotatable bonds is 4. The topological polar surface area (TPSA) is 68.0 Å². The second kappa shape index (κ2) is 6.67. The summed E-state index contributed by atoms with van der Waals surface area (Å²) in [6.07, 6.45) is -4.68. The van der Waals surface area contributed by atoms with Gasteiger partial charge < -0.3 is 9.84 Å². The zero-order valence-electron chi connectivity index (χ0n) is 12.9. The summed E-state index contributed by atoms with van der Waals surface area (Å²) in [4.78, 5) is 15.8. The number of carbonyl (C=O) groups is 1. The molecule has 1 unspecified atom stereocenters. The van der Waals surface area contributed by atoms with Gasteiger partial charge in [0.05, 0.1) is 6.04 Å². The fraction of sp³-hybridized carbons (Fsp3) is 0.188. The van der Waals surface area contributed by atoms with Crippen molar-refractivity contribution in [3.63, 3.8) is 0 Å². The molecule has 0 radical (unpaired) electrons. The number of nitrogens with zero attached hydrogens (tertiary/aromatic N) is 2. The summed E-state index contributed by atoms with van der Waals surface area (Å²) in [5, 5.41) is 8.11. The van der Waals surface area contributed by atoms with Crippen LogP contribution in [0, 0.1) is 0 Å². The maximum absolute atomic E-state index is 12.5. The molecule has 0 bridgehead atoms. The number of aromatic nitrogens is 2. The Bertz CT molecular complexity index is 858. The molecule has 0 spiro atoms. The Morgan fingerprint density at radius 1 is 1.24 bits per heavy atom. The lowest BCUT2D eigenvalue weighted by atomic mass is 10.0. The van der Waals surface area contributed by atoms with Crippen molar-refractivity contribution in [1.29, 1.82) is 0 Å². The van der Waals surface area contributed by atoms with Crippen LogP contribution >= 0.6 is 11.3 Å². The van der Waals surface area contributed by atoms with E-state index in [1.807, 2.05) is 17.5 Å². The molecule has 0 aliphatic heterocycles. The molecule has 9 heteroatoms. The second-order valence-electron chi connectivity index (χ2n) is 5.19. The van der Waals surface area contributed by atoms with Crippen LogP contribution in [0.1, 0.15) is 29.3 Å². The summed E-state index contributed by atoms with van der Waals surface area (Å²) in [6.45, 7) is 1.42. The number of thiophene rings is 1. The van der Waals surface area contributed by atoms with Gasteiger partial charge in [-0.1, -0.05) is 35.5 Å². The molecule has 2 aromatic heterocycles. The van der Waals surface area contributed by atoms with E-state index in [4.69, 9.17) is 0 Å². The summed E-state index contributed by atoms with van der Waals surface area (Å²) in [7, 11) is 0. The summed E-state index contributed by atoms with van der Waals surface area (Å²) in [6, 6.07) is 10.0. The molecule has 0 fully saturated rings. The minimum Gasteiger partial charge on any atom is -0.345 e. The Labute approximate surface area is 144 Å². The zero-order valence-corrected chi connectivity index (χ0v) is 13.7. The van der Waals surface area contributed by atoms with Crippen molar-refractivity contribution in [2.45, 2.75) is 19.1 Å². The van der Waals surface area contributed by atoms with Crippen molar-refractivity contribution in [3.8, 4) is 11.4 Å². The molecule has 1 aromatic carbocycles. The molecule has 1 N–H and O–H groups in total. The van der Waals surface area contributed by atoms with Crippen LogP contribution in [-0.2, 0) is 11.0 Å². The SMILES string of the molecule is CC(=O)NC(c1ccc(-c2noc(C(F)(F)F)n2)cc1)c1cccs1. The van der Waals surface area contributed by atoms with Gasteiger partial charge in [0.1, 0.15) is 0 Å². The Hall–Kier alpha value is -2.68. The Kier molecular flexibility index (Phi) is 4.58. The van der Waals surface area contributed by atoms with Crippen molar-refractivity contribution < 1.29 is 22.5 Å². The molecule has 0 saturated carbocycles. The first-order valence-electron chi connectivity index (χ1n) is 7.16. The van der Waals surface area contributed by atoms with Gasteiger partial charge in [0.2, 0.25) is 11.7 Å². The standard InChI is InChI=1S/C16H12F3N3O2S/c1-9(23)20-13(12-3-2-8-25-12)10-4-6-11(7-5-10)14-21-15(24-22-14)16(17,18)19/h2-8,13H,1H3,(H,20,23). The molecule has 0 aliphatic carbocycles. The molecule has 2 heterocycles. The van der Waals surface area contributed by atoms with Crippen LogP contribution < -0.4 is 5.32 Å². The Morgan fingerprint density at radius 2 is 1.96 bits per heavy atom. The van der Waals surface area contributed by atoms with Gasteiger partial charge in [0, 0.05) is 17.4 Å². The molecule has 5 nitrogen and oxygen atoms in total. The number of alkyl halides is 3. The van der Waals surface area contributed by atoms with Crippen molar-refractivity contribution in [1.82, 2.24) is 15.5 Å². The number of benzene rings is 1. The summed E-state index contributed by atoms with van der Waals surface area (Å²) >= 11 is 1.50. The molecule has 0 aliphatic rings. The maximum atomic E-state index is 12.5. The molecule has 0 saturated heterocycles. The normalized spacial score (nSPS) is 12.8. The lowest BCUT2D eigenvalue weighted by Crippen LogP contribution is -2.26. The van der Waals surface area contributed by atoms with Crippen LogP contribution in [0.4, 0.5) is 13.2 Å². The molecule has 1 amide bonds. The first-order chi connectivity index (χ1) is 11.8. The fourth-order valence-corrected chi connectivity index (χ4v) is 3.06. The smallest absolute Gasteiger partial charge is 0.345 e. The number of amides is 1. The van der Waals surface area contributed by atoms with E-state index in [0.29, 0.717) is 5.56 Å². The first kappa shape index (κ1) is 17.2. The predicted octanol–water partition coefficient (Wildman–Crippen LogP) is 4.04. The van der Waals surface area contributed by atoms with E-state index in [1.165, 1.54) is 18.3 Å². The number of halogens is 3. The maximum Gasteiger partial charge on any atom is 0.471 e. The highest BCUT2D eigenvalue weighted by Gasteiger charge is 2.38. The molecular formula is C16H12F3N3O2S. The third-order valence-electron chi connectivity index (χ3n) is 3.35. The molecule has 3 aromatic rings. The zero-order chi connectivity index (χ0) is 18.0. The fourth-order valence-electron chi connectivity index (χ4n) is 2.26. The Morgan fingerprint density at radius 3 is 2.48 bits per heavy atom. The van der Waals surface area contributed by atoms with Crippen LogP contribution in [0.25, 0.3) is 11.4 Å². The van der Waals surface area contributed by atoms with E-state index < -0.39 is 12.1 Å². The van der Waals surface area contributed by atoms with Gasteiger partial charge in [0.15, 0.2) is 0 Å². The second-order valence-corrected chi connectivity index (χ2v) is 6.17. The molecule has 1 atom stereocenters. The molecule has 3 rings (SSSR count). The lowest BCUT2D eigenvalue weighted by molar-refractivity contribution is -0.159. The number of nitrogens with one attached hydrogen (secondary N) is 1. The van der Waals surface area contributed by atoms with Gasteiger partial charge in [-0.25, -0.2) is 0 Å². The van der Waals surface area contributed by atoms with Crippen molar-refractivity contribution in [2.75, 3.05) is 0 Å². The molecular weight excluding hydrogens is 355 g/mol. The van der Waals surface area contributed by atoms with Gasteiger partial charge in [-0.05, 0) is 17.0 Å².